The molecule has 0 saturated carbocycles. The van der Waals surface area contributed by atoms with E-state index in [0.29, 0.717) is 6.42 Å². The minimum absolute atomic E-state index is 0.0784. The Bertz CT molecular complexity index is 687. The standard InChI is InChI=1S/C20H31N3O2S/c1-5-16-15(3)26-13-17(16)19(25)23-12-11-21(4)20(14-23)8-7-18(24)22(6-2)10-9-20/h13H,5-12,14H2,1-4H3. The Kier molecular flexibility index (Phi) is 5.72. The highest BCUT2D eigenvalue weighted by molar-refractivity contribution is 7.10. The van der Waals surface area contributed by atoms with Gasteiger partial charge in [0.25, 0.3) is 5.91 Å². The molecule has 1 aromatic heterocycles. The van der Waals surface area contributed by atoms with Crippen molar-refractivity contribution in [1.82, 2.24) is 14.7 Å². The van der Waals surface area contributed by atoms with Crippen LogP contribution in [0.4, 0.5) is 0 Å². The zero-order chi connectivity index (χ0) is 18.9. The highest BCUT2D eigenvalue weighted by Gasteiger charge is 2.43. The van der Waals surface area contributed by atoms with E-state index in [0.717, 1.165) is 57.5 Å². The maximum absolute atomic E-state index is 13.2. The van der Waals surface area contributed by atoms with E-state index in [4.69, 9.17) is 0 Å². The van der Waals surface area contributed by atoms with E-state index in [1.807, 2.05) is 22.1 Å². The van der Waals surface area contributed by atoms with E-state index in [9.17, 15) is 9.59 Å². The summed E-state index contributed by atoms with van der Waals surface area (Å²) in [5.74, 6) is 0.421. The molecule has 0 aliphatic carbocycles. The van der Waals surface area contributed by atoms with Crippen LogP contribution in [0.1, 0.15) is 53.9 Å². The van der Waals surface area contributed by atoms with Crippen molar-refractivity contribution in [2.45, 2.75) is 52.0 Å². The number of hydrogen-bond donors (Lipinski definition) is 0. The number of amides is 2. The summed E-state index contributed by atoms with van der Waals surface area (Å²) in [6, 6.07) is 0. The lowest BCUT2D eigenvalue weighted by atomic mass is 9.86. The number of piperazine rings is 1. The predicted octanol–water partition coefficient (Wildman–Crippen LogP) is 2.78. The fraction of sp³-hybridized carbons (Fsp3) is 0.700. The molecule has 2 aliphatic heterocycles. The maximum atomic E-state index is 13.2. The predicted molar refractivity (Wildman–Crippen MR) is 106 cm³/mol. The molecular weight excluding hydrogens is 346 g/mol. The van der Waals surface area contributed by atoms with Gasteiger partial charge >= 0.3 is 0 Å². The molecule has 1 spiro atoms. The second kappa shape index (κ2) is 7.69. The molecule has 1 atom stereocenters. The van der Waals surface area contributed by atoms with Crippen molar-refractivity contribution < 1.29 is 9.59 Å². The van der Waals surface area contributed by atoms with Gasteiger partial charge in [0.15, 0.2) is 0 Å². The second-order valence-corrected chi connectivity index (χ2v) is 8.72. The zero-order valence-corrected chi connectivity index (χ0v) is 17.3. The monoisotopic (exact) mass is 377 g/mol. The number of aryl methyl sites for hydroxylation is 1. The van der Waals surface area contributed by atoms with Gasteiger partial charge in [-0.15, -0.1) is 11.3 Å². The van der Waals surface area contributed by atoms with Crippen molar-refractivity contribution in [3.63, 3.8) is 0 Å². The quantitative estimate of drug-likeness (QED) is 0.814. The van der Waals surface area contributed by atoms with Crippen LogP contribution in [0.3, 0.4) is 0 Å². The number of rotatable bonds is 3. The summed E-state index contributed by atoms with van der Waals surface area (Å²) >= 11 is 1.67. The molecule has 5 nitrogen and oxygen atoms in total. The molecule has 0 aromatic carbocycles. The minimum atomic E-state index is -0.0784. The Balaban J connectivity index is 1.81. The molecule has 6 heteroatoms. The third-order valence-electron chi connectivity index (χ3n) is 6.36. The largest absolute Gasteiger partial charge is 0.343 e. The van der Waals surface area contributed by atoms with Crippen LogP contribution in [0.15, 0.2) is 5.38 Å². The Labute approximate surface area is 161 Å². The summed E-state index contributed by atoms with van der Waals surface area (Å²) < 4.78 is 0. The first-order chi connectivity index (χ1) is 12.4. The smallest absolute Gasteiger partial charge is 0.255 e. The van der Waals surface area contributed by atoms with Gasteiger partial charge in [0.05, 0.1) is 5.56 Å². The Morgan fingerprint density at radius 2 is 2.00 bits per heavy atom. The van der Waals surface area contributed by atoms with Gasteiger partial charge in [0.1, 0.15) is 0 Å². The molecule has 3 rings (SSSR count). The molecule has 0 N–H and O–H groups in total. The normalized spacial score (nSPS) is 25.0. The van der Waals surface area contributed by atoms with E-state index in [2.05, 4.69) is 25.8 Å². The fourth-order valence-corrected chi connectivity index (χ4v) is 5.40. The van der Waals surface area contributed by atoms with Gasteiger partial charge in [0.2, 0.25) is 5.91 Å². The third-order valence-corrected chi connectivity index (χ3v) is 7.31. The van der Waals surface area contributed by atoms with Gasteiger partial charge in [-0.1, -0.05) is 6.92 Å². The van der Waals surface area contributed by atoms with E-state index >= 15 is 0 Å². The van der Waals surface area contributed by atoms with E-state index in [-0.39, 0.29) is 17.4 Å². The van der Waals surface area contributed by atoms with Crippen LogP contribution in [0.2, 0.25) is 0 Å². The van der Waals surface area contributed by atoms with Crippen molar-refractivity contribution in [3.8, 4) is 0 Å². The first-order valence-corrected chi connectivity index (χ1v) is 10.6. The number of likely N-dealkylation sites (tertiary alicyclic amines) is 1. The number of likely N-dealkylation sites (N-methyl/N-ethyl adjacent to an activating group) is 1. The summed E-state index contributed by atoms with van der Waals surface area (Å²) in [4.78, 5) is 33.2. The highest BCUT2D eigenvalue weighted by Crippen LogP contribution is 2.33. The summed E-state index contributed by atoms with van der Waals surface area (Å²) in [5, 5.41) is 2.02. The Morgan fingerprint density at radius 1 is 1.23 bits per heavy atom. The molecule has 2 saturated heterocycles. The topological polar surface area (TPSA) is 43.9 Å². The number of carbonyl (C=O) groups excluding carboxylic acids is 2. The SMILES string of the molecule is CCc1c(C(=O)N2CCN(C)C3(CCC(=O)N(CC)CC3)C2)csc1C. The van der Waals surface area contributed by atoms with Gasteiger partial charge in [-0.2, -0.15) is 0 Å². The van der Waals surface area contributed by atoms with Crippen LogP contribution < -0.4 is 0 Å². The molecule has 0 radical (unpaired) electrons. The molecule has 1 aromatic rings. The molecule has 26 heavy (non-hydrogen) atoms. The molecule has 2 fully saturated rings. The minimum Gasteiger partial charge on any atom is -0.343 e. The van der Waals surface area contributed by atoms with Crippen molar-refractivity contribution in [1.29, 1.82) is 0 Å². The van der Waals surface area contributed by atoms with Crippen molar-refractivity contribution in [2.75, 3.05) is 39.8 Å². The van der Waals surface area contributed by atoms with Crippen LogP contribution in [0, 0.1) is 6.92 Å². The van der Waals surface area contributed by atoms with Gasteiger partial charge in [-0.25, -0.2) is 0 Å². The summed E-state index contributed by atoms with van der Waals surface area (Å²) in [6.07, 6.45) is 3.26. The van der Waals surface area contributed by atoms with Crippen LogP contribution in [-0.2, 0) is 11.2 Å². The number of carbonyl (C=O) groups is 2. The van der Waals surface area contributed by atoms with E-state index in [1.54, 1.807) is 11.3 Å². The summed E-state index contributed by atoms with van der Waals surface area (Å²) in [7, 11) is 2.15. The molecule has 2 amide bonds. The number of thiophene rings is 1. The lowest BCUT2D eigenvalue weighted by Gasteiger charge is -2.49. The highest BCUT2D eigenvalue weighted by atomic mass is 32.1. The van der Waals surface area contributed by atoms with Crippen LogP contribution in [0.25, 0.3) is 0 Å². The summed E-state index contributed by atoms with van der Waals surface area (Å²) in [5.41, 5.74) is 2.00. The first-order valence-electron chi connectivity index (χ1n) is 9.77. The summed E-state index contributed by atoms with van der Waals surface area (Å²) in [6.45, 7) is 10.2. The maximum Gasteiger partial charge on any atom is 0.255 e. The molecular formula is C20H31N3O2S. The molecule has 0 bridgehead atoms. The Hall–Kier alpha value is -1.40. The number of nitrogens with zero attached hydrogens (tertiary/aromatic N) is 3. The molecule has 1 unspecified atom stereocenters. The van der Waals surface area contributed by atoms with Crippen LogP contribution in [0.5, 0.6) is 0 Å². The van der Waals surface area contributed by atoms with Crippen molar-refractivity contribution in [3.05, 3.63) is 21.4 Å². The van der Waals surface area contributed by atoms with Crippen LogP contribution in [-0.4, -0.2) is 71.8 Å². The van der Waals surface area contributed by atoms with E-state index < -0.39 is 0 Å². The Morgan fingerprint density at radius 3 is 2.69 bits per heavy atom. The van der Waals surface area contributed by atoms with Gasteiger partial charge in [-0.05, 0) is 45.7 Å². The van der Waals surface area contributed by atoms with E-state index in [1.165, 1.54) is 10.4 Å². The zero-order valence-electron chi connectivity index (χ0n) is 16.5. The third kappa shape index (κ3) is 3.41. The lowest BCUT2D eigenvalue weighted by Crippen LogP contribution is -2.62. The number of hydrogen-bond acceptors (Lipinski definition) is 4. The first kappa shape index (κ1) is 19.4. The molecule has 144 valence electrons. The average Bonchev–Trinajstić information content (AvgIpc) is 2.94. The van der Waals surface area contributed by atoms with Crippen molar-refractivity contribution in [2.24, 2.45) is 0 Å². The fourth-order valence-electron chi connectivity index (χ4n) is 4.47. The van der Waals surface area contributed by atoms with Gasteiger partial charge in [0, 0.05) is 54.9 Å². The van der Waals surface area contributed by atoms with Crippen molar-refractivity contribution >= 4 is 23.2 Å². The second-order valence-electron chi connectivity index (χ2n) is 7.63. The van der Waals surface area contributed by atoms with Gasteiger partial charge in [-0.3, -0.25) is 14.5 Å². The average molecular weight is 378 g/mol. The molecule has 3 heterocycles. The van der Waals surface area contributed by atoms with Gasteiger partial charge < -0.3 is 9.80 Å². The molecule has 2 aliphatic rings. The lowest BCUT2D eigenvalue weighted by molar-refractivity contribution is -0.130. The van der Waals surface area contributed by atoms with Crippen LogP contribution >= 0.6 is 11.3 Å².